The summed E-state index contributed by atoms with van der Waals surface area (Å²) in [7, 11) is 0. The summed E-state index contributed by atoms with van der Waals surface area (Å²) in [4.78, 5) is 54.9. The van der Waals surface area contributed by atoms with Crippen molar-refractivity contribution in [1.29, 1.82) is 0 Å². The van der Waals surface area contributed by atoms with Gasteiger partial charge in [0.15, 0.2) is 17.2 Å². The van der Waals surface area contributed by atoms with Crippen LogP contribution in [0.3, 0.4) is 0 Å². The van der Waals surface area contributed by atoms with E-state index in [1.165, 1.54) is 33.8 Å². The van der Waals surface area contributed by atoms with Crippen LogP contribution in [0.4, 0.5) is 0 Å². The second-order valence-corrected chi connectivity index (χ2v) is 18.3. The molecule has 2 bridgehead atoms. The Hall–Kier alpha value is -2.62. The van der Waals surface area contributed by atoms with Crippen LogP contribution in [-0.4, -0.2) is 114 Å². The molecular weight excluding hydrogens is 760 g/mol. The predicted molar refractivity (Wildman–Crippen MR) is 221 cm³/mol. The van der Waals surface area contributed by atoms with Crippen molar-refractivity contribution in [2.24, 2.45) is 47.3 Å². The van der Waals surface area contributed by atoms with Gasteiger partial charge in [0, 0.05) is 42.1 Å². The Kier molecular flexibility index (Phi) is 18.0. The van der Waals surface area contributed by atoms with E-state index in [1.807, 2.05) is 38.2 Å². The van der Waals surface area contributed by atoms with Crippen LogP contribution in [-0.2, 0) is 33.4 Å². The van der Waals surface area contributed by atoms with E-state index < -0.39 is 119 Å². The highest BCUT2D eigenvalue weighted by Gasteiger charge is 2.70. The van der Waals surface area contributed by atoms with Gasteiger partial charge in [-0.15, -0.1) is 0 Å². The lowest BCUT2D eigenvalue weighted by atomic mass is 9.69. The molecule has 0 saturated carbocycles. The molecule has 13 heteroatoms. The second kappa shape index (κ2) is 21.0. The minimum atomic E-state index is -2.23. The molecule has 3 rings (SSSR count). The number of hydrogen-bond donors (Lipinski definition) is 6. The fraction of sp³-hybridized carbons (Fsp3) is 0.783. The molecule has 59 heavy (non-hydrogen) atoms. The fourth-order valence-electron chi connectivity index (χ4n) is 9.21. The highest BCUT2D eigenvalue weighted by molar-refractivity contribution is 5.91. The number of aliphatic hydroxyl groups is 6. The van der Waals surface area contributed by atoms with Gasteiger partial charge >= 0.3 is 5.97 Å². The molecule has 3 aliphatic rings. The quantitative estimate of drug-likeness (QED) is 0.214. The summed E-state index contributed by atoms with van der Waals surface area (Å²) in [5.74, 6) is -10.5. The van der Waals surface area contributed by atoms with E-state index in [9.17, 15) is 49.8 Å². The molecule has 0 amide bonds. The van der Waals surface area contributed by atoms with E-state index in [-0.39, 0.29) is 31.1 Å². The van der Waals surface area contributed by atoms with Crippen LogP contribution < -0.4 is 0 Å². The summed E-state index contributed by atoms with van der Waals surface area (Å²) < 4.78 is 19.3. The summed E-state index contributed by atoms with van der Waals surface area (Å²) in [6, 6.07) is 0. The number of carbonyl (C=O) groups excluding carboxylic acids is 4. The third kappa shape index (κ3) is 11.1. The van der Waals surface area contributed by atoms with Gasteiger partial charge in [-0.2, -0.15) is 0 Å². The average Bonchev–Trinajstić information content (AvgIpc) is 3.19. The monoisotopic (exact) mass is 835 g/mol. The van der Waals surface area contributed by atoms with E-state index in [4.69, 9.17) is 14.2 Å². The van der Waals surface area contributed by atoms with Crippen molar-refractivity contribution in [1.82, 2.24) is 0 Å². The first kappa shape index (κ1) is 50.7. The van der Waals surface area contributed by atoms with Gasteiger partial charge in [-0.05, 0) is 70.1 Å². The van der Waals surface area contributed by atoms with Gasteiger partial charge in [0.2, 0.25) is 0 Å². The molecule has 1 unspecified atom stereocenters. The zero-order chi connectivity index (χ0) is 44.8. The Labute approximate surface area is 351 Å². The standard InChI is InChI=1S/C46H74O13/c1-12-33-18-16-14-15-17-26(4)41(53)44(11,55)42(54)32(10)40(52)31(9)39(51)30(8)38(50)25(3)19-22-37(49)57-43-29(7)34(21-20-33)58-46(45(43,56)13-2)36(48)23-27(5)35(59-46)24-28(6)47/h14-16,18-19,22,25-35,38,40-41,43,47,50,52-53,55-56H,12-13,17,20-21,23-24H2,1-11H3/b15-14+,18-16+,22-19+/t25-,26+,27-,28+,29+,30-,31-,32-,33-,34-,35-,38-,40?,41-,43+,44+,45+,46-/m1/s1. The van der Waals surface area contributed by atoms with Crippen LogP contribution in [0.5, 0.6) is 0 Å². The Morgan fingerprint density at radius 2 is 1.46 bits per heavy atom. The zero-order valence-electron chi connectivity index (χ0n) is 37.1. The molecule has 3 aliphatic heterocycles. The predicted octanol–water partition coefficient (Wildman–Crippen LogP) is 4.57. The van der Waals surface area contributed by atoms with E-state index in [2.05, 4.69) is 0 Å². The fourth-order valence-corrected chi connectivity index (χ4v) is 9.21. The van der Waals surface area contributed by atoms with Crippen LogP contribution in [0.25, 0.3) is 0 Å². The largest absolute Gasteiger partial charge is 0.456 e. The van der Waals surface area contributed by atoms with Crippen LogP contribution in [0.1, 0.15) is 121 Å². The lowest BCUT2D eigenvalue weighted by molar-refractivity contribution is -0.393. The average molecular weight is 835 g/mol. The Balaban J connectivity index is 2.09. The van der Waals surface area contributed by atoms with Crippen molar-refractivity contribution in [3.05, 3.63) is 36.5 Å². The first-order chi connectivity index (χ1) is 27.4. The molecule has 13 nitrogen and oxygen atoms in total. The molecule has 1 spiro atoms. The summed E-state index contributed by atoms with van der Waals surface area (Å²) >= 11 is 0. The molecule has 18 atom stereocenters. The van der Waals surface area contributed by atoms with Gasteiger partial charge in [0.05, 0.1) is 36.6 Å². The molecule has 2 saturated heterocycles. The van der Waals surface area contributed by atoms with Crippen LogP contribution >= 0.6 is 0 Å². The molecule has 3 heterocycles. The van der Waals surface area contributed by atoms with Crippen molar-refractivity contribution in [3.8, 4) is 0 Å². The van der Waals surface area contributed by atoms with Crippen LogP contribution in [0, 0.1) is 47.3 Å². The molecule has 0 aromatic carbocycles. The van der Waals surface area contributed by atoms with E-state index in [0.29, 0.717) is 19.3 Å². The number of aliphatic hydroxyl groups excluding tert-OH is 4. The summed E-state index contributed by atoms with van der Waals surface area (Å²) in [5, 5.41) is 67.7. The van der Waals surface area contributed by atoms with Gasteiger partial charge in [0.25, 0.3) is 5.79 Å². The van der Waals surface area contributed by atoms with E-state index in [0.717, 1.165) is 12.5 Å². The maximum absolute atomic E-state index is 14.2. The number of carbonyl (C=O) groups is 4. The third-order valence-electron chi connectivity index (χ3n) is 13.6. The van der Waals surface area contributed by atoms with Crippen molar-refractivity contribution in [3.63, 3.8) is 0 Å². The first-order valence-corrected chi connectivity index (χ1v) is 21.8. The van der Waals surface area contributed by atoms with Gasteiger partial charge in [-0.1, -0.05) is 92.7 Å². The minimum Gasteiger partial charge on any atom is -0.456 e. The van der Waals surface area contributed by atoms with Crippen molar-refractivity contribution < 1.29 is 64.0 Å². The molecule has 0 aromatic rings. The number of ketones is 3. The molecule has 0 aromatic heterocycles. The van der Waals surface area contributed by atoms with Crippen LogP contribution in [0.15, 0.2) is 36.5 Å². The van der Waals surface area contributed by atoms with Crippen LogP contribution in [0.2, 0.25) is 0 Å². The highest BCUT2D eigenvalue weighted by atomic mass is 16.7. The Morgan fingerprint density at radius 1 is 0.831 bits per heavy atom. The number of hydrogen-bond acceptors (Lipinski definition) is 13. The summed E-state index contributed by atoms with van der Waals surface area (Å²) in [5.41, 5.74) is -4.34. The van der Waals surface area contributed by atoms with Gasteiger partial charge in [-0.25, -0.2) is 4.79 Å². The van der Waals surface area contributed by atoms with Gasteiger partial charge < -0.3 is 44.8 Å². The summed E-state index contributed by atoms with van der Waals surface area (Å²) in [6.07, 6.45) is 4.55. The smallest absolute Gasteiger partial charge is 0.330 e. The van der Waals surface area contributed by atoms with Crippen molar-refractivity contribution >= 4 is 23.3 Å². The van der Waals surface area contributed by atoms with Crippen molar-refractivity contribution in [2.75, 3.05) is 0 Å². The maximum atomic E-state index is 14.2. The Morgan fingerprint density at radius 3 is 2.05 bits per heavy atom. The number of ether oxygens (including phenoxy) is 3. The number of esters is 1. The van der Waals surface area contributed by atoms with Crippen molar-refractivity contribution in [2.45, 2.75) is 181 Å². The number of rotatable bonds is 4. The minimum absolute atomic E-state index is 0.0123. The molecule has 6 N–H and O–H groups in total. The Bertz CT molecular complexity index is 1540. The number of allylic oxidation sites excluding steroid dienone is 4. The van der Waals surface area contributed by atoms with Gasteiger partial charge in [-0.3, -0.25) is 14.4 Å². The number of Topliss-reactive ketones (excluding diaryl/α,β-unsaturated/α-hetero) is 3. The lowest BCUT2D eigenvalue weighted by Crippen LogP contribution is -2.76. The topological polar surface area (TPSA) is 217 Å². The SMILES string of the molecule is CC[C@@H]1/C=C/C=C/C[C@H](C)[C@@H](O)[C@](C)(O)C(=O)[C@H](C)C(O)[C@H](C)C(=O)[C@H](C)[C@H](O)[C@H](C)/C=C/C(=O)O[C@H]2[C@@H](C)[C@@H](CC1)O[C@]1(O[C@H](C[C@H](C)O)[C@H](C)CC1=O)[C@]2(O)CC. The molecule has 336 valence electrons. The zero-order valence-corrected chi connectivity index (χ0v) is 37.1. The lowest BCUT2D eigenvalue weighted by Gasteiger charge is -2.58. The van der Waals surface area contributed by atoms with Gasteiger partial charge in [0.1, 0.15) is 17.5 Å². The normalized spacial score (nSPS) is 46.3. The molecule has 0 radical (unpaired) electrons. The molecular formula is C46H74O13. The van der Waals surface area contributed by atoms with E-state index in [1.54, 1.807) is 34.6 Å². The third-order valence-corrected chi connectivity index (χ3v) is 13.6. The maximum Gasteiger partial charge on any atom is 0.330 e. The highest BCUT2D eigenvalue weighted by Crippen LogP contribution is 2.51. The van der Waals surface area contributed by atoms with E-state index >= 15 is 0 Å². The molecule has 0 aliphatic carbocycles. The number of fused-ring (bicyclic) bond motifs is 2. The second-order valence-electron chi connectivity index (χ2n) is 18.3. The summed E-state index contributed by atoms with van der Waals surface area (Å²) in [6.45, 7) is 17.8. The molecule has 2 fully saturated rings. The first-order valence-electron chi connectivity index (χ1n) is 21.8.